The minimum absolute atomic E-state index is 0. The van der Waals surface area contributed by atoms with Gasteiger partial charge in [0, 0.05) is 29.0 Å². The Kier molecular flexibility index (Phi) is 5.08. The smallest absolute Gasteiger partial charge is 0.250 e. The average Bonchev–Trinajstić information content (AvgIpc) is 1.64. The predicted octanol–water partition coefficient (Wildman–Crippen LogP) is 1.01. The molecule has 0 heterocycles. The van der Waals surface area contributed by atoms with Crippen molar-refractivity contribution in [2.45, 2.75) is 17.1 Å². The Bertz CT molecular complexity index is 98.4. The largest absolute Gasteiger partial charge is 0.870 e. The van der Waals surface area contributed by atoms with E-state index in [2.05, 4.69) is 22.6 Å². The quantitative estimate of drug-likeness (QED) is 0.265. The molecule has 0 saturated heterocycles. The number of quaternary nitrogens is 1. The van der Waals surface area contributed by atoms with Gasteiger partial charge in [-0.1, -0.05) is 6.92 Å². The van der Waals surface area contributed by atoms with Gasteiger partial charge in [0.1, 0.15) is 0 Å². The summed E-state index contributed by atoms with van der Waals surface area (Å²) in [6.07, 6.45) is 0.775. The molecule has 1 atom stereocenters. The summed E-state index contributed by atoms with van der Waals surface area (Å²) < 4.78 is -0.0260. The van der Waals surface area contributed by atoms with Crippen LogP contribution in [0.4, 0.5) is 0 Å². The number of nitrogens with zero attached hydrogens (tertiary/aromatic N) is 1. The van der Waals surface area contributed by atoms with Crippen molar-refractivity contribution < 1.29 is 15.1 Å². The fourth-order valence-corrected chi connectivity index (χ4v) is 0.474. The molecule has 4 heteroatoms. The summed E-state index contributed by atoms with van der Waals surface area (Å²) in [6, 6.07) is 0. The van der Waals surface area contributed by atoms with Crippen molar-refractivity contribution in [2.24, 2.45) is 0 Å². The lowest BCUT2D eigenvalue weighted by molar-refractivity contribution is -0.925. The van der Waals surface area contributed by atoms with Gasteiger partial charge in [-0.3, -0.25) is 4.48 Å². The molecule has 10 heavy (non-hydrogen) atoms. The van der Waals surface area contributed by atoms with Crippen molar-refractivity contribution in [2.75, 3.05) is 21.1 Å². The molecule has 0 aliphatic heterocycles. The summed E-state index contributed by atoms with van der Waals surface area (Å²) in [5, 5.41) is 9.62. The Morgan fingerprint density at radius 3 is 1.70 bits per heavy atom. The van der Waals surface area contributed by atoms with Gasteiger partial charge in [-0.2, -0.15) is 0 Å². The molecular weight excluding hydrogens is 245 g/mol. The zero-order chi connectivity index (χ0) is 7.71. The van der Waals surface area contributed by atoms with Crippen LogP contribution in [0.15, 0.2) is 0 Å². The van der Waals surface area contributed by atoms with Gasteiger partial charge < -0.3 is 10.6 Å². The fraction of sp³-hybridized carbons (Fsp3) is 1.00. The van der Waals surface area contributed by atoms with Crippen molar-refractivity contribution in [3.63, 3.8) is 0 Å². The summed E-state index contributed by atoms with van der Waals surface area (Å²) in [6.45, 7) is 1.98. The lowest BCUT2D eigenvalue weighted by atomic mass is 10.3. The van der Waals surface area contributed by atoms with Crippen LogP contribution in [0.3, 0.4) is 0 Å². The molecule has 0 fully saturated rings. The number of halogens is 1. The number of rotatable bonds is 2. The maximum Gasteiger partial charge on any atom is 0.250 e. The van der Waals surface area contributed by atoms with E-state index < -0.39 is 3.73 Å². The molecule has 0 spiro atoms. The molecule has 0 radical (unpaired) electrons. The SMILES string of the molecule is CCC(O)(I)[N+](C)(C)C.[OH-]. The van der Waals surface area contributed by atoms with Gasteiger partial charge in [-0.25, -0.2) is 0 Å². The van der Waals surface area contributed by atoms with Crippen LogP contribution in [-0.4, -0.2) is 39.9 Å². The Morgan fingerprint density at radius 1 is 1.40 bits per heavy atom. The number of aliphatic hydroxyl groups is 1. The topological polar surface area (TPSA) is 50.2 Å². The van der Waals surface area contributed by atoms with Crippen LogP contribution in [-0.2, 0) is 0 Å². The van der Waals surface area contributed by atoms with Crippen molar-refractivity contribution in [1.82, 2.24) is 0 Å². The molecule has 0 saturated carbocycles. The maximum absolute atomic E-state index is 9.62. The third-order valence-corrected chi connectivity index (χ3v) is 3.69. The molecule has 0 aromatic heterocycles. The second-order valence-corrected chi connectivity index (χ2v) is 4.81. The zero-order valence-corrected chi connectivity index (χ0v) is 9.08. The van der Waals surface area contributed by atoms with E-state index in [1.165, 1.54) is 0 Å². The van der Waals surface area contributed by atoms with E-state index in [0.29, 0.717) is 4.48 Å². The highest BCUT2D eigenvalue weighted by atomic mass is 127. The van der Waals surface area contributed by atoms with Gasteiger partial charge in [0.2, 0.25) is 0 Å². The molecular formula is C6H16INO2. The molecule has 0 aromatic carbocycles. The van der Waals surface area contributed by atoms with Gasteiger partial charge in [0.25, 0.3) is 3.73 Å². The van der Waals surface area contributed by atoms with Crippen molar-refractivity contribution in [3.05, 3.63) is 0 Å². The molecule has 0 aromatic rings. The summed E-state index contributed by atoms with van der Waals surface area (Å²) in [5.41, 5.74) is 0. The number of hydrogen-bond acceptors (Lipinski definition) is 2. The Balaban J connectivity index is 0. The molecule has 64 valence electrons. The Labute approximate surface area is 76.1 Å². The normalized spacial score (nSPS) is 17.4. The fourth-order valence-electron chi connectivity index (χ4n) is 0.474. The van der Waals surface area contributed by atoms with Crippen molar-refractivity contribution in [1.29, 1.82) is 0 Å². The first kappa shape index (κ1) is 13.2. The summed E-state index contributed by atoms with van der Waals surface area (Å²) >= 11 is 2.07. The average molecular weight is 261 g/mol. The summed E-state index contributed by atoms with van der Waals surface area (Å²) in [4.78, 5) is 0. The van der Waals surface area contributed by atoms with Gasteiger partial charge >= 0.3 is 0 Å². The molecule has 0 amide bonds. The lowest BCUT2D eigenvalue weighted by Crippen LogP contribution is -2.52. The van der Waals surface area contributed by atoms with Gasteiger partial charge in [0.05, 0.1) is 21.1 Å². The maximum atomic E-state index is 9.62. The molecule has 2 N–H and O–H groups in total. The third kappa shape index (κ3) is 3.14. The van der Waals surface area contributed by atoms with E-state index >= 15 is 0 Å². The summed E-state index contributed by atoms with van der Waals surface area (Å²) in [7, 11) is 5.95. The minimum Gasteiger partial charge on any atom is -0.870 e. The first-order valence-electron chi connectivity index (χ1n) is 3.04. The van der Waals surface area contributed by atoms with Gasteiger partial charge in [-0.05, 0) is 0 Å². The van der Waals surface area contributed by atoms with E-state index in [9.17, 15) is 5.11 Å². The van der Waals surface area contributed by atoms with E-state index in [1.54, 1.807) is 0 Å². The lowest BCUT2D eigenvalue weighted by Gasteiger charge is -2.36. The first-order valence-corrected chi connectivity index (χ1v) is 4.12. The van der Waals surface area contributed by atoms with Crippen LogP contribution in [0, 0.1) is 0 Å². The van der Waals surface area contributed by atoms with Crippen LogP contribution in [0.2, 0.25) is 0 Å². The standard InChI is InChI=1S/C6H15INO.H2O/c1-5-6(7,9)8(2,3)4;/h9H,5H2,1-4H3;1H2/q+1;/p-1. The molecule has 0 aliphatic rings. The first-order chi connectivity index (χ1) is 3.81. The van der Waals surface area contributed by atoms with E-state index in [1.807, 2.05) is 28.1 Å². The summed E-state index contributed by atoms with van der Waals surface area (Å²) in [5.74, 6) is 0. The molecule has 3 nitrogen and oxygen atoms in total. The van der Waals surface area contributed by atoms with Gasteiger partial charge in [-0.15, -0.1) is 0 Å². The second kappa shape index (κ2) is 3.85. The van der Waals surface area contributed by atoms with Crippen LogP contribution in [0.25, 0.3) is 0 Å². The molecule has 0 bridgehead atoms. The zero-order valence-electron chi connectivity index (χ0n) is 6.93. The highest BCUT2D eigenvalue weighted by Gasteiger charge is 2.35. The number of hydrogen-bond donors (Lipinski definition) is 1. The van der Waals surface area contributed by atoms with Crippen LogP contribution >= 0.6 is 22.6 Å². The monoisotopic (exact) mass is 261 g/mol. The van der Waals surface area contributed by atoms with Crippen LogP contribution < -0.4 is 0 Å². The third-order valence-electron chi connectivity index (χ3n) is 1.48. The highest BCUT2D eigenvalue weighted by molar-refractivity contribution is 14.1. The van der Waals surface area contributed by atoms with E-state index in [4.69, 9.17) is 0 Å². The minimum atomic E-state index is -0.613. The van der Waals surface area contributed by atoms with Crippen LogP contribution in [0.5, 0.6) is 0 Å². The highest BCUT2D eigenvalue weighted by Crippen LogP contribution is 2.26. The second-order valence-electron chi connectivity index (χ2n) is 3.08. The van der Waals surface area contributed by atoms with Crippen LogP contribution in [0.1, 0.15) is 13.3 Å². The Hall–Kier alpha value is 0.610. The van der Waals surface area contributed by atoms with Crippen molar-refractivity contribution in [3.8, 4) is 0 Å². The molecule has 0 rings (SSSR count). The Morgan fingerprint density at radius 2 is 1.70 bits per heavy atom. The van der Waals surface area contributed by atoms with Gasteiger partial charge in [0.15, 0.2) is 0 Å². The number of alkyl halides is 1. The predicted molar refractivity (Wildman–Crippen MR) is 49.2 cm³/mol. The molecule has 1 unspecified atom stereocenters. The van der Waals surface area contributed by atoms with E-state index in [-0.39, 0.29) is 5.48 Å². The van der Waals surface area contributed by atoms with E-state index in [0.717, 1.165) is 6.42 Å². The molecule has 0 aliphatic carbocycles. The van der Waals surface area contributed by atoms with Crippen molar-refractivity contribution >= 4 is 22.6 Å².